The number of aromatic nitrogens is 3. The molecule has 1 aliphatic heterocycles. The van der Waals surface area contributed by atoms with Gasteiger partial charge in [0, 0.05) is 35.8 Å². The summed E-state index contributed by atoms with van der Waals surface area (Å²) < 4.78 is 29.6. The molecule has 1 aliphatic rings. The van der Waals surface area contributed by atoms with Crippen LogP contribution in [0.4, 0.5) is 14.6 Å². The number of rotatable bonds is 3. The summed E-state index contributed by atoms with van der Waals surface area (Å²) in [5, 5.41) is 14.8. The number of hydrogen-bond acceptors (Lipinski definition) is 4. The molecule has 1 aromatic carbocycles. The SMILES string of the molecule is Cc1cc(N2CCC(O)C(F)(F)C2)n2nc(Cc3ccc(Cl)cc3)cc2n1. The Kier molecular flexibility index (Phi) is 4.52. The molecule has 5 nitrogen and oxygen atoms in total. The number of piperidine rings is 1. The number of hydrogen-bond donors (Lipinski definition) is 1. The van der Waals surface area contributed by atoms with E-state index < -0.39 is 18.6 Å². The molecule has 4 rings (SSSR count). The highest BCUT2D eigenvalue weighted by Gasteiger charge is 2.44. The van der Waals surface area contributed by atoms with E-state index in [9.17, 15) is 13.9 Å². The molecule has 8 heteroatoms. The summed E-state index contributed by atoms with van der Waals surface area (Å²) in [4.78, 5) is 6.04. The average Bonchev–Trinajstić information content (AvgIpc) is 3.00. The molecule has 0 amide bonds. The molecule has 2 aromatic heterocycles. The highest BCUT2D eigenvalue weighted by molar-refractivity contribution is 6.30. The van der Waals surface area contributed by atoms with Gasteiger partial charge < -0.3 is 10.0 Å². The first-order chi connectivity index (χ1) is 12.8. The lowest BCUT2D eigenvalue weighted by atomic mass is 10.0. The van der Waals surface area contributed by atoms with E-state index in [1.165, 1.54) is 0 Å². The smallest absolute Gasteiger partial charge is 0.290 e. The van der Waals surface area contributed by atoms with Crippen molar-refractivity contribution in [1.82, 2.24) is 14.6 Å². The summed E-state index contributed by atoms with van der Waals surface area (Å²) >= 11 is 5.92. The first kappa shape index (κ1) is 18.1. The van der Waals surface area contributed by atoms with Crippen LogP contribution in [0.5, 0.6) is 0 Å². The van der Waals surface area contributed by atoms with Crippen LogP contribution >= 0.6 is 11.6 Å². The van der Waals surface area contributed by atoms with Gasteiger partial charge in [0.05, 0.1) is 12.2 Å². The zero-order chi connectivity index (χ0) is 19.2. The molecule has 0 bridgehead atoms. The number of benzene rings is 1. The lowest BCUT2D eigenvalue weighted by Gasteiger charge is -2.37. The van der Waals surface area contributed by atoms with Crippen LogP contribution in [0, 0.1) is 6.92 Å². The van der Waals surface area contributed by atoms with Gasteiger partial charge in [0.1, 0.15) is 11.9 Å². The summed E-state index contributed by atoms with van der Waals surface area (Å²) in [6.45, 7) is 1.62. The third kappa shape index (κ3) is 3.61. The van der Waals surface area contributed by atoms with Gasteiger partial charge >= 0.3 is 0 Å². The molecule has 1 atom stereocenters. The van der Waals surface area contributed by atoms with E-state index in [0.717, 1.165) is 17.0 Å². The maximum absolute atomic E-state index is 14.0. The zero-order valence-corrected chi connectivity index (χ0v) is 15.5. The maximum Gasteiger partial charge on any atom is 0.290 e. The Morgan fingerprint density at radius 3 is 2.70 bits per heavy atom. The third-order valence-electron chi connectivity index (χ3n) is 4.77. The molecule has 3 heterocycles. The van der Waals surface area contributed by atoms with Gasteiger partial charge in [-0.3, -0.25) is 0 Å². The van der Waals surface area contributed by atoms with Gasteiger partial charge in [-0.15, -0.1) is 0 Å². The second kappa shape index (κ2) is 6.73. The first-order valence-corrected chi connectivity index (χ1v) is 9.11. The molecule has 0 spiro atoms. The summed E-state index contributed by atoms with van der Waals surface area (Å²) in [5.41, 5.74) is 3.18. The van der Waals surface area contributed by atoms with Crippen LogP contribution in [0.15, 0.2) is 36.4 Å². The second-order valence-corrected chi connectivity index (χ2v) is 7.39. The van der Waals surface area contributed by atoms with Crippen LogP contribution in [-0.4, -0.2) is 44.8 Å². The van der Waals surface area contributed by atoms with Crippen molar-refractivity contribution in [3.8, 4) is 0 Å². The van der Waals surface area contributed by atoms with Crippen molar-refractivity contribution in [2.24, 2.45) is 0 Å². The average molecular weight is 393 g/mol. The fourth-order valence-electron chi connectivity index (χ4n) is 3.37. The minimum atomic E-state index is -3.15. The number of aryl methyl sites for hydroxylation is 1. The number of nitrogens with zero attached hydrogens (tertiary/aromatic N) is 4. The van der Waals surface area contributed by atoms with Crippen LogP contribution in [-0.2, 0) is 6.42 Å². The van der Waals surface area contributed by atoms with Gasteiger partial charge in [0.25, 0.3) is 5.92 Å². The van der Waals surface area contributed by atoms with Gasteiger partial charge in [-0.25, -0.2) is 13.8 Å². The lowest BCUT2D eigenvalue weighted by Crippen LogP contribution is -2.52. The predicted octanol–water partition coefficient (Wildman–Crippen LogP) is 3.49. The Balaban J connectivity index is 1.69. The number of fused-ring (bicyclic) bond motifs is 1. The fraction of sp³-hybridized carbons (Fsp3) is 0.368. The highest BCUT2D eigenvalue weighted by Crippen LogP contribution is 2.31. The second-order valence-electron chi connectivity index (χ2n) is 6.95. The number of anilines is 1. The van der Waals surface area contributed by atoms with Crippen LogP contribution in [0.25, 0.3) is 5.65 Å². The lowest BCUT2D eigenvalue weighted by molar-refractivity contribution is -0.113. The van der Waals surface area contributed by atoms with Crippen LogP contribution in [0.2, 0.25) is 5.02 Å². The van der Waals surface area contributed by atoms with Gasteiger partial charge in [0.2, 0.25) is 0 Å². The summed E-state index contributed by atoms with van der Waals surface area (Å²) in [5.74, 6) is -2.59. The molecule has 0 radical (unpaired) electrons. The Bertz CT molecular complexity index is 974. The summed E-state index contributed by atoms with van der Waals surface area (Å²) in [6, 6.07) is 11.1. The quantitative estimate of drug-likeness (QED) is 0.741. The van der Waals surface area contributed by atoms with Crippen LogP contribution in [0.1, 0.15) is 23.4 Å². The molecule has 27 heavy (non-hydrogen) atoms. The maximum atomic E-state index is 14.0. The number of halogens is 3. The Labute approximate surface area is 160 Å². The standard InChI is InChI=1S/C19H19ClF2N4O/c1-12-8-18(25-7-6-16(27)19(21,22)11-25)26-17(23-12)10-15(24-26)9-13-2-4-14(20)5-3-13/h2-5,8,10,16,27H,6-7,9,11H2,1H3. The van der Waals surface area contributed by atoms with Gasteiger partial charge in [0.15, 0.2) is 5.65 Å². The van der Waals surface area contributed by atoms with Crippen LogP contribution < -0.4 is 4.90 Å². The topological polar surface area (TPSA) is 53.7 Å². The van der Waals surface area contributed by atoms with Crippen molar-refractivity contribution in [3.63, 3.8) is 0 Å². The normalized spacial score (nSPS) is 19.6. The van der Waals surface area contributed by atoms with Crippen molar-refractivity contribution >= 4 is 23.1 Å². The molecule has 0 saturated carbocycles. The third-order valence-corrected chi connectivity index (χ3v) is 5.02. The van der Waals surface area contributed by atoms with Gasteiger partial charge in [-0.2, -0.15) is 9.61 Å². The Morgan fingerprint density at radius 1 is 1.26 bits per heavy atom. The largest absolute Gasteiger partial charge is 0.387 e. The van der Waals surface area contributed by atoms with Crippen molar-refractivity contribution in [1.29, 1.82) is 0 Å². The zero-order valence-electron chi connectivity index (χ0n) is 14.7. The molecule has 142 valence electrons. The fourth-order valence-corrected chi connectivity index (χ4v) is 3.50. The minimum absolute atomic E-state index is 0.00869. The monoisotopic (exact) mass is 392 g/mol. The van der Waals surface area contributed by atoms with Crippen molar-refractivity contribution in [2.75, 3.05) is 18.0 Å². The van der Waals surface area contributed by atoms with Gasteiger partial charge in [-0.05, 0) is 31.0 Å². The number of aliphatic hydroxyl groups is 1. The van der Waals surface area contributed by atoms with E-state index in [1.807, 2.05) is 37.3 Å². The van der Waals surface area contributed by atoms with E-state index in [0.29, 0.717) is 29.5 Å². The summed E-state index contributed by atoms with van der Waals surface area (Å²) in [7, 11) is 0. The summed E-state index contributed by atoms with van der Waals surface area (Å²) in [6.07, 6.45) is -1.01. The van der Waals surface area contributed by atoms with Crippen LogP contribution in [0.3, 0.4) is 0 Å². The first-order valence-electron chi connectivity index (χ1n) is 8.73. The van der Waals surface area contributed by atoms with E-state index >= 15 is 0 Å². The molecule has 1 fully saturated rings. The number of aliphatic hydroxyl groups excluding tert-OH is 1. The van der Waals surface area contributed by atoms with Crippen molar-refractivity contribution < 1.29 is 13.9 Å². The molecule has 1 unspecified atom stereocenters. The molecular weight excluding hydrogens is 374 g/mol. The van der Waals surface area contributed by atoms with Crippen molar-refractivity contribution in [3.05, 3.63) is 58.4 Å². The van der Waals surface area contributed by atoms with E-state index in [-0.39, 0.29) is 6.42 Å². The number of alkyl halides is 2. The Hall–Kier alpha value is -2.25. The predicted molar refractivity (Wildman–Crippen MR) is 99.8 cm³/mol. The molecule has 3 aromatic rings. The van der Waals surface area contributed by atoms with E-state index in [4.69, 9.17) is 11.6 Å². The van der Waals surface area contributed by atoms with Crippen molar-refractivity contribution in [2.45, 2.75) is 31.8 Å². The molecular formula is C19H19ClF2N4O. The molecule has 1 saturated heterocycles. The highest BCUT2D eigenvalue weighted by atomic mass is 35.5. The van der Waals surface area contributed by atoms with E-state index in [2.05, 4.69) is 10.1 Å². The molecule has 0 aliphatic carbocycles. The Morgan fingerprint density at radius 2 is 2.00 bits per heavy atom. The van der Waals surface area contributed by atoms with Gasteiger partial charge in [-0.1, -0.05) is 23.7 Å². The van der Waals surface area contributed by atoms with E-state index in [1.54, 1.807) is 15.5 Å². The minimum Gasteiger partial charge on any atom is -0.387 e. The molecule has 1 N–H and O–H groups in total.